The summed E-state index contributed by atoms with van der Waals surface area (Å²) in [6.45, 7) is 0. The molecule has 0 aliphatic rings. The van der Waals surface area contributed by atoms with Gasteiger partial charge in [-0.25, -0.2) is 13.8 Å². The minimum absolute atomic E-state index is 0.0576. The van der Waals surface area contributed by atoms with Gasteiger partial charge in [0.15, 0.2) is 5.78 Å². The van der Waals surface area contributed by atoms with Crippen molar-refractivity contribution in [3.63, 3.8) is 0 Å². The molecule has 0 spiro atoms. The minimum Gasteiger partial charge on any atom is -0.294 e. The van der Waals surface area contributed by atoms with Gasteiger partial charge in [-0.15, -0.1) is 11.3 Å². The molecule has 0 N–H and O–H groups in total. The summed E-state index contributed by atoms with van der Waals surface area (Å²) in [5.41, 5.74) is 2.10. The average Bonchev–Trinajstić information content (AvgIpc) is 3.06. The number of Topliss-reactive ketones (excluding diaryl/α,β-unsaturated/α-hetero) is 1. The lowest BCUT2D eigenvalue weighted by Gasteiger charge is -2.05. The molecule has 0 fully saturated rings. The summed E-state index contributed by atoms with van der Waals surface area (Å²) >= 11 is 1.59. The number of halogens is 2. The van der Waals surface area contributed by atoms with Crippen LogP contribution < -0.4 is 0 Å². The smallest absolute Gasteiger partial charge is 0.173 e. The van der Waals surface area contributed by atoms with Gasteiger partial charge in [-0.05, 0) is 29.8 Å². The minimum atomic E-state index is -0.832. The maximum atomic E-state index is 13.7. The lowest BCUT2D eigenvalue weighted by atomic mass is 10.0. The van der Waals surface area contributed by atoms with E-state index in [0.717, 1.165) is 32.9 Å². The highest BCUT2D eigenvalue weighted by Gasteiger charge is 2.17. The summed E-state index contributed by atoms with van der Waals surface area (Å²) in [4.78, 5) is 16.8. The zero-order valence-electron chi connectivity index (χ0n) is 13.6. The van der Waals surface area contributed by atoms with E-state index in [1.807, 2.05) is 36.4 Å². The van der Waals surface area contributed by atoms with Crippen molar-refractivity contribution in [2.24, 2.45) is 0 Å². The van der Waals surface area contributed by atoms with E-state index in [9.17, 15) is 13.6 Å². The summed E-state index contributed by atoms with van der Waals surface area (Å²) in [6, 6.07) is 18.7. The molecule has 0 atom stereocenters. The second kappa shape index (κ2) is 6.77. The van der Waals surface area contributed by atoms with Gasteiger partial charge in [0.25, 0.3) is 0 Å². The highest BCUT2D eigenvalue weighted by atomic mass is 32.1. The molecule has 1 aromatic heterocycles. The first kappa shape index (κ1) is 16.5. The molecule has 3 aromatic carbocycles. The first-order chi connectivity index (χ1) is 12.6. The Morgan fingerprint density at radius 3 is 2.27 bits per heavy atom. The molecule has 128 valence electrons. The number of para-hydroxylation sites is 1. The third-order valence-electron chi connectivity index (χ3n) is 4.10. The first-order valence-corrected chi connectivity index (χ1v) is 8.85. The van der Waals surface area contributed by atoms with Gasteiger partial charge in [0.05, 0.1) is 15.8 Å². The van der Waals surface area contributed by atoms with Gasteiger partial charge in [-0.1, -0.05) is 42.5 Å². The standard InChI is InChI=1S/C21H13F2NOS/c22-15-4-3-5-16(23)20(15)18(25)12-13-8-10-14(11-9-13)21-24-17-6-1-2-7-19(17)26-21/h1-11H,12H2. The van der Waals surface area contributed by atoms with E-state index in [1.165, 1.54) is 6.07 Å². The highest BCUT2D eigenvalue weighted by molar-refractivity contribution is 7.21. The van der Waals surface area contributed by atoms with Crippen molar-refractivity contribution >= 4 is 27.3 Å². The summed E-state index contributed by atoms with van der Waals surface area (Å²) in [7, 11) is 0. The van der Waals surface area contributed by atoms with Crippen molar-refractivity contribution < 1.29 is 13.6 Å². The SMILES string of the molecule is O=C(Cc1ccc(-c2nc3ccccc3s2)cc1)c1c(F)cccc1F. The van der Waals surface area contributed by atoms with Crippen molar-refractivity contribution in [2.75, 3.05) is 0 Å². The lowest BCUT2D eigenvalue weighted by Crippen LogP contribution is -2.09. The summed E-state index contributed by atoms with van der Waals surface area (Å²) in [5.74, 6) is -2.24. The van der Waals surface area contributed by atoms with Crippen molar-refractivity contribution in [1.29, 1.82) is 0 Å². The number of hydrogen-bond donors (Lipinski definition) is 0. The number of ketones is 1. The number of fused-ring (bicyclic) bond motifs is 1. The Labute approximate surface area is 152 Å². The van der Waals surface area contributed by atoms with Crippen LogP contribution in [0.25, 0.3) is 20.8 Å². The Morgan fingerprint density at radius 1 is 0.885 bits per heavy atom. The Bertz CT molecular complexity index is 1050. The quantitative estimate of drug-likeness (QED) is 0.436. The Hall–Kier alpha value is -2.92. The monoisotopic (exact) mass is 365 g/mol. The van der Waals surface area contributed by atoms with Crippen molar-refractivity contribution in [3.8, 4) is 10.6 Å². The predicted molar refractivity (Wildman–Crippen MR) is 99.4 cm³/mol. The second-order valence-corrected chi connectivity index (χ2v) is 6.91. The fraction of sp³-hybridized carbons (Fsp3) is 0.0476. The summed E-state index contributed by atoms with van der Waals surface area (Å²) in [6.07, 6.45) is -0.0576. The molecular formula is C21H13F2NOS. The molecule has 0 bridgehead atoms. The maximum absolute atomic E-state index is 13.7. The first-order valence-electron chi connectivity index (χ1n) is 8.04. The van der Waals surface area contributed by atoms with Crippen LogP contribution in [0.3, 0.4) is 0 Å². The van der Waals surface area contributed by atoms with Gasteiger partial charge >= 0.3 is 0 Å². The van der Waals surface area contributed by atoms with Crippen LogP contribution in [0, 0.1) is 11.6 Å². The zero-order valence-corrected chi connectivity index (χ0v) is 14.4. The normalized spacial score (nSPS) is 11.0. The van der Waals surface area contributed by atoms with Crippen LogP contribution in [0.4, 0.5) is 8.78 Å². The van der Waals surface area contributed by atoms with Gasteiger partial charge in [0.1, 0.15) is 16.6 Å². The third-order valence-corrected chi connectivity index (χ3v) is 5.19. The number of benzene rings is 3. The molecule has 0 aliphatic heterocycles. The van der Waals surface area contributed by atoms with Crippen LogP contribution in [-0.4, -0.2) is 10.8 Å². The van der Waals surface area contributed by atoms with Gasteiger partial charge in [0.2, 0.25) is 0 Å². The molecule has 0 amide bonds. The second-order valence-electron chi connectivity index (χ2n) is 5.88. The zero-order chi connectivity index (χ0) is 18.1. The fourth-order valence-corrected chi connectivity index (χ4v) is 3.77. The summed E-state index contributed by atoms with van der Waals surface area (Å²) in [5, 5.41) is 0.893. The average molecular weight is 365 g/mol. The molecule has 0 saturated carbocycles. The molecule has 2 nitrogen and oxygen atoms in total. The molecule has 4 rings (SSSR count). The lowest BCUT2D eigenvalue weighted by molar-refractivity contribution is 0.0985. The molecule has 1 heterocycles. The molecule has 5 heteroatoms. The van der Waals surface area contributed by atoms with E-state index in [1.54, 1.807) is 23.5 Å². The maximum Gasteiger partial charge on any atom is 0.173 e. The summed E-state index contributed by atoms with van der Waals surface area (Å²) < 4.78 is 28.6. The number of carbonyl (C=O) groups is 1. The number of carbonyl (C=O) groups excluding carboxylic acids is 1. The topological polar surface area (TPSA) is 30.0 Å². The van der Waals surface area contributed by atoms with E-state index in [4.69, 9.17) is 0 Å². The van der Waals surface area contributed by atoms with Crippen molar-refractivity contribution in [3.05, 3.63) is 89.5 Å². The van der Waals surface area contributed by atoms with Crippen LogP contribution in [0.1, 0.15) is 15.9 Å². The van der Waals surface area contributed by atoms with Crippen LogP contribution in [0.2, 0.25) is 0 Å². The van der Waals surface area contributed by atoms with E-state index in [0.29, 0.717) is 5.56 Å². The van der Waals surface area contributed by atoms with Crippen LogP contribution in [0.15, 0.2) is 66.7 Å². The number of thiazole rings is 1. The molecule has 4 aromatic rings. The number of hydrogen-bond acceptors (Lipinski definition) is 3. The van der Waals surface area contributed by atoms with E-state index in [2.05, 4.69) is 4.98 Å². The number of aromatic nitrogens is 1. The van der Waals surface area contributed by atoms with Crippen molar-refractivity contribution in [1.82, 2.24) is 4.98 Å². The number of nitrogens with zero attached hydrogens (tertiary/aromatic N) is 1. The number of rotatable bonds is 4. The van der Waals surface area contributed by atoms with Crippen LogP contribution >= 0.6 is 11.3 Å². The van der Waals surface area contributed by atoms with Gasteiger partial charge < -0.3 is 0 Å². The molecule has 0 aliphatic carbocycles. The predicted octanol–water partition coefficient (Wildman–Crippen LogP) is 5.67. The molecule has 0 saturated heterocycles. The van der Waals surface area contributed by atoms with Gasteiger partial charge in [-0.2, -0.15) is 0 Å². The molecular weight excluding hydrogens is 352 g/mol. The van der Waals surface area contributed by atoms with Gasteiger partial charge in [0, 0.05) is 12.0 Å². The Morgan fingerprint density at radius 2 is 1.58 bits per heavy atom. The van der Waals surface area contributed by atoms with E-state index in [-0.39, 0.29) is 6.42 Å². The Kier molecular flexibility index (Phi) is 4.31. The van der Waals surface area contributed by atoms with Crippen LogP contribution in [-0.2, 0) is 6.42 Å². The molecule has 0 unspecified atom stereocenters. The highest BCUT2D eigenvalue weighted by Crippen LogP contribution is 2.30. The van der Waals surface area contributed by atoms with Gasteiger partial charge in [-0.3, -0.25) is 4.79 Å². The fourth-order valence-electron chi connectivity index (χ4n) is 2.80. The van der Waals surface area contributed by atoms with Crippen molar-refractivity contribution in [2.45, 2.75) is 6.42 Å². The van der Waals surface area contributed by atoms with Crippen LogP contribution in [0.5, 0.6) is 0 Å². The van der Waals surface area contributed by atoms with E-state index < -0.39 is 23.0 Å². The molecule has 0 radical (unpaired) electrons. The van der Waals surface area contributed by atoms with E-state index >= 15 is 0 Å². The molecule has 26 heavy (non-hydrogen) atoms. The largest absolute Gasteiger partial charge is 0.294 e. The Balaban J connectivity index is 1.57. The third kappa shape index (κ3) is 3.13.